The molecule has 7 aromatic carbocycles. The van der Waals surface area contributed by atoms with Crippen molar-refractivity contribution < 1.29 is 6.48 Å². The summed E-state index contributed by atoms with van der Waals surface area (Å²) in [7, 11) is 0. The van der Waals surface area contributed by atoms with Gasteiger partial charge in [0, 0.05) is 24.4 Å². The van der Waals surface area contributed by atoms with E-state index in [0.717, 1.165) is 89.2 Å². The van der Waals surface area contributed by atoms with Crippen LogP contribution in [0.5, 0.6) is 5.75 Å². The molecule has 0 spiro atoms. The minimum absolute atomic E-state index is 0.0843. The molecule has 4 nitrogen and oxygen atoms in total. The van der Waals surface area contributed by atoms with E-state index in [1.807, 2.05) is 26.1 Å². The number of hydrogen-bond acceptors (Lipinski definition) is 3. The number of nitrogens with zero attached hydrogens (tertiary/aromatic N) is 3. The van der Waals surface area contributed by atoms with Gasteiger partial charge in [-0.2, -0.15) is 0 Å². The fourth-order valence-electron chi connectivity index (χ4n) is 9.33. The Bertz CT molecular complexity index is 3270. The summed E-state index contributed by atoms with van der Waals surface area (Å²) >= 11 is 0. The molecule has 0 saturated carbocycles. The highest BCUT2D eigenvalue weighted by Gasteiger charge is 2.26. The molecule has 0 aliphatic heterocycles. The molecule has 66 heavy (non-hydrogen) atoms. The molecule has 0 radical (unpaired) electrons. The number of aromatic hydroxyl groups is 1. The number of phenolic OH excluding ortho intramolecular Hbond substituents is 1. The Hall–Kier alpha value is -7.04. The highest BCUT2D eigenvalue weighted by molar-refractivity contribution is 5.98. The predicted molar refractivity (Wildman–Crippen MR) is 279 cm³/mol. The van der Waals surface area contributed by atoms with Crippen LogP contribution in [-0.2, 0) is 5.41 Å². The molecule has 9 rings (SSSR count). The van der Waals surface area contributed by atoms with E-state index in [2.05, 4.69) is 212 Å². The van der Waals surface area contributed by atoms with Crippen LogP contribution in [0.25, 0.3) is 83.9 Å². The monoisotopic (exact) mass is 864 g/mol. The Morgan fingerprint density at radius 2 is 1.23 bits per heavy atom. The minimum Gasteiger partial charge on any atom is -0.507 e. The van der Waals surface area contributed by atoms with Crippen LogP contribution in [-0.4, -0.2) is 19.6 Å². The average Bonchev–Trinajstić information content (AvgIpc) is 3.71. The van der Waals surface area contributed by atoms with Crippen LogP contribution in [0, 0.1) is 6.92 Å². The van der Waals surface area contributed by atoms with E-state index in [0.29, 0.717) is 11.4 Å². The number of phenols is 1. The van der Waals surface area contributed by atoms with Crippen molar-refractivity contribution in [1.82, 2.24) is 14.5 Å². The third kappa shape index (κ3) is 8.49. The molecule has 1 N–H and O–H groups in total. The van der Waals surface area contributed by atoms with Crippen LogP contribution < -0.4 is 0 Å². The third-order valence-corrected chi connectivity index (χ3v) is 13.0. The Balaban J connectivity index is 1.33. The maximum absolute atomic E-state index is 12.3. The number of benzene rings is 7. The van der Waals surface area contributed by atoms with Gasteiger partial charge in [0.15, 0.2) is 0 Å². The van der Waals surface area contributed by atoms with Crippen LogP contribution in [0.3, 0.4) is 0 Å². The Labute approximate surface area is 393 Å². The molecule has 4 heteroatoms. The summed E-state index contributed by atoms with van der Waals surface area (Å²) in [5.41, 5.74) is 19.0. The van der Waals surface area contributed by atoms with Crippen LogP contribution in [0.1, 0.15) is 109 Å². The standard InChI is InChI=1S/C62H61N3O/c1-38(2)45-34-54(40(5)6)60(66)55(35-45)61-64-59-50(20-16-22-58(59)65(61)49-27-28-51(53(37-49)39(3)4)52-19-14-15-21-56(52)62(8,9)10)47-31-46(42-17-12-11-13-18-42)32-48(33-47)57-36-44(29-30-63-57)43-25-23-41(7)24-26-43/h11-40,66H,1-10H3/i39D. The summed E-state index contributed by atoms with van der Waals surface area (Å²) in [6.07, 6.45) is 1.90. The summed E-state index contributed by atoms with van der Waals surface area (Å²) in [4.78, 5) is 10.6. The number of fused-ring (bicyclic) bond motifs is 1. The summed E-state index contributed by atoms with van der Waals surface area (Å²) < 4.78 is 11.8. The molecule has 2 heterocycles. The molecule has 2 aromatic heterocycles. The summed E-state index contributed by atoms with van der Waals surface area (Å²) in [6, 6.07) is 55.9. The molecule has 0 atom stereocenters. The zero-order valence-corrected chi connectivity index (χ0v) is 40.0. The first kappa shape index (κ1) is 42.9. The Kier molecular flexibility index (Phi) is 11.5. The lowest BCUT2D eigenvalue weighted by Crippen LogP contribution is -2.13. The van der Waals surface area contributed by atoms with Crippen LogP contribution >= 0.6 is 0 Å². The highest BCUT2D eigenvalue weighted by Crippen LogP contribution is 2.45. The van der Waals surface area contributed by atoms with Crippen molar-refractivity contribution in [3.8, 4) is 78.6 Å². The lowest BCUT2D eigenvalue weighted by Gasteiger charge is -2.25. The van der Waals surface area contributed by atoms with Crippen LogP contribution in [0.2, 0.25) is 0 Å². The zero-order valence-electron chi connectivity index (χ0n) is 41.0. The fourth-order valence-corrected chi connectivity index (χ4v) is 9.33. The second kappa shape index (κ2) is 17.7. The normalized spacial score (nSPS) is 12.3. The van der Waals surface area contributed by atoms with Crippen molar-refractivity contribution in [2.75, 3.05) is 0 Å². The van der Waals surface area contributed by atoms with Gasteiger partial charge in [-0.25, -0.2) is 4.98 Å². The molecule has 0 fully saturated rings. The fraction of sp³-hybridized carbons (Fsp3) is 0.226. The Morgan fingerprint density at radius 1 is 0.545 bits per heavy atom. The SMILES string of the molecule is [2H]C(C)(C)c1cc(-n2c(-c3cc(C(C)C)cc(C(C)C)c3O)nc3c(-c4cc(-c5ccccc5)cc(-c5cc(-c6ccc(C)cc6)ccn5)c4)cccc32)ccc1-c1ccccc1C(C)(C)C. The predicted octanol–water partition coefficient (Wildman–Crippen LogP) is 17.1. The quantitative estimate of drug-likeness (QED) is 0.149. The van der Waals surface area contributed by atoms with Gasteiger partial charge >= 0.3 is 0 Å². The van der Waals surface area contributed by atoms with E-state index in [4.69, 9.17) is 9.97 Å². The molecule has 0 bridgehead atoms. The molecular formula is C62H61N3O. The van der Waals surface area contributed by atoms with E-state index in [1.54, 1.807) is 0 Å². The van der Waals surface area contributed by atoms with Gasteiger partial charge in [-0.3, -0.25) is 9.55 Å². The topological polar surface area (TPSA) is 50.9 Å². The average molecular weight is 865 g/mol. The third-order valence-electron chi connectivity index (χ3n) is 13.0. The van der Waals surface area contributed by atoms with E-state index in [1.165, 1.54) is 11.1 Å². The van der Waals surface area contributed by atoms with Crippen molar-refractivity contribution in [3.63, 3.8) is 0 Å². The van der Waals surface area contributed by atoms with Crippen molar-refractivity contribution in [2.24, 2.45) is 0 Å². The molecule has 0 unspecified atom stereocenters. The molecule has 0 saturated heterocycles. The molecule has 330 valence electrons. The van der Waals surface area contributed by atoms with E-state index in [9.17, 15) is 6.48 Å². The Morgan fingerprint density at radius 3 is 1.94 bits per heavy atom. The van der Waals surface area contributed by atoms with Gasteiger partial charge in [-0.15, -0.1) is 0 Å². The number of pyridine rings is 1. The smallest absolute Gasteiger partial charge is 0.149 e. The van der Waals surface area contributed by atoms with Crippen LogP contribution in [0.15, 0.2) is 164 Å². The lowest BCUT2D eigenvalue weighted by molar-refractivity contribution is 0.466. The van der Waals surface area contributed by atoms with E-state index < -0.39 is 5.89 Å². The second-order valence-electron chi connectivity index (χ2n) is 19.7. The maximum Gasteiger partial charge on any atom is 0.149 e. The molecule has 0 amide bonds. The summed E-state index contributed by atoms with van der Waals surface area (Å²) in [5, 5.41) is 12.3. The van der Waals surface area contributed by atoms with E-state index in [-0.39, 0.29) is 23.0 Å². The van der Waals surface area contributed by atoms with E-state index >= 15 is 0 Å². The molecular weight excluding hydrogens is 803 g/mol. The maximum atomic E-state index is 12.3. The van der Waals surface area contributed by atoms with Crippen molar-refractivity contribution >= 4 is 11.0 Å². The van der Waals surface area contributed by atoms with Crippen molar-refractivity contribution in [3.05, 3.63) is 192 Å². The van der Waals surface area contributed by atoms with Crippen LogP contribution in [0.4, 0.5) is 0 Å². The summed E-state index contributed by atoms with van der Waals surface area (Å²) in [6.45, 7) is 21.4. The van der Waals surface area contributed by atoms with Crippen molar-refractivity contribution in [1.29, 1.82) is 0 Å². The van der Waals surface area contributed by atoms with Gasteiger partial charge in [0.25, 0.3) is 0 Å². The van der Waals surface area contributed by atoms with Gasteiger partial charge < -0.3 is 5.11 Å². The number of aromatic nitrogens is 3. The number of hydrogen-bond donors (Lipinski definition) is 1. The number of imidazole rings is 1. The highest BCUT2D eigenvalue weighted by atomic mass is 16.3. The van der Waals surface area contributed by atoms with Gasteiger partial charge in [0.05, 0.1) is 22.3 Å². The first-order chi connectivity index (χ1) is 32.0. The minimum atomic E-state index is -0.943. The molecule has 0 aliphatic carbocycles. The van der Waals surface area contributed by atoms with Crippen molar-refractivity contribution in [2.45, 2.75) is 92.4 Å². The number of rotatable bonds is 10. The first-order valence-corrected chi connectivity index (χ1v) is 23.3. The van der Waals surface area contributed by atoms with Gasteiger partial charge in [-0.05, 0) is 146 Å². The second-order valence-corrected chi connectivity index (χ2v) is 19.7. The molecule has 0 aliphatic rings. The summed E-state index contributed by atoms with van der Waals surface area (Å²) in [5.74, 6) is 0.248. The largest absolute Gasteiger partial charge is 0.507 e. The zero-order chi connectivity index (χ0) is 47.4. The number of para-hydroxylation sites is 1. The molecule has 9 aromatic rings. The lowest BCUT2D eigenvalue weighted by atomic mass is 9.80. The number of aryl methyl sites for hydroxylation is 1. The van der Waals surface area contributed by atoms with Gasteiger partial charge in [0.2, 0.25) is 0 Å². The first-order valence-electron chi connectivity index (χ1n) is 23.8. The van der Waals surface area contributed by atoms with Gasteiger partial charge in [0.1, 0.15) is 11.6 Å². The van der Waals surface area contributed by atoms with Gasteiger partial charge in [-0.1, -0.05) is 171 Å².